The van der Waals surface area contributed by atoms with Gasteiger partial charge in [-0.1, -0.05) is 36.4 Å². The fourth-order valence-electron chi connectivity index (χ4n) is 3.01. The van der Waals surface area contributed by atoms with E-state index in [1.165, 1.54) is 29.9 Å². The summed E-state index contributed by atoms with van der Waals surface area (Å²) in [6.07, 6.45) is -4.10. The number of benzene rings is 2. The molecule has 156 valence electrons. The number of Topliss-reactive ketones (excluding diaryl/α,β-unsaturated/α-hetero) is 1. The van der Waals surface area contributed by atoms with Gasteiger partial charge in [-0.3, -0.25) is 9.59 Å². The zero-order valence-corrected chi connectivity index (χ0v) is 15.8. The summed E-state index contributed by atoms with van der Waals surface area (Å²) in [5.41, 5.74) is 0.481. The molecule has 0 unspecified atom stereocenters. The van der Waals surface area contributed by atoms with Crippen LogP contribution in [0.1, 0.15) is 26.3 Å². The van der Waals surface area contributed by atoms with Crippen LogP contribution in [0.3, 0.4) is 0 Å². The molecular weight excluding hydrogens is 401 g/mol. The Hall–Kier alpha value is -3.62. The van der Waals surface area contributed by atoms with Gasteiger partial charge in [-0.15, -0.1) is 0 Å². The second kappa shape index (κ2) is 8.40. The lowest BCUT2D eigenvalue weighted by Gasteiger charge is -2.08. The minimum atomic E-state index is -5.07. The highest BCUT2D eigenvalue weighted by Crippen LogP contribution is 2.29. The standard InChI is InChI=1S/C21H17F3N2O4/c1-30-20(29)14-7-8-15-16(19(28)21(22,23)24)11-26(17(15)9-14)12-18(27)25-10-13-5-3-2-4-6-13/h2-9,11H,10,12H2,1H3,(H,25,27). The Morgan fingerprint density at radius 1 is 1.07 bits per heavy atom. The number of alkyl halides is 3. The Morgan fingerprint density at radius 3 is 2.40 bits per heavy atom. The number of halogens is 3. The van der Waals surface area contributed by atoms with Crippen LogP contribution in [0.25, 0.3) is 10.9 Å². The Labute approximate surface area is 169 Å². The summed E-state index contributed by atoms with van der Waals surface area (Å²) < 4.78 is 44.8. The fourth-order valence-corrected chi connectivity index (χ4v) is 3.01. The first-order valence-electron chi connectivity index (χ1n) is 8.84. The number of hydrogen-bond acceptors (Lipinski definition) is 4. The SMILES string of the molecule is COC(=O)c1ccc2c(C(=O)C(F)(F)F)cn(CC(=O)NCc3ccccc3)c2c1. The minimum absolute atomic E-state index is 0.0131. The van der Waals surface area contributed by atoms with Crippen LogP contribution in [0.2, 0.25) is 0 Å². The van der Waals surface area contributed by atoms with Crippen molar-refractivity contribution in [3.05, 3.63) is 71.4 Å². The van der Waals surface area contributed by atoms with Gasteiger partial charge in [0, 0.05) is 18.1 Å². The van der Waals surface area contributed by atoms with E-state index in [4.69, 9.17) is 0 Å². The van der Waals surface area contributed by atoms with Crippen molar-refractivity contribution in [1.82, 2.24) is 9.88 Å². The molecule has 0 saturated heterocycles. The van der Waals surface area contributed by atoms with Crippen molar-refractivity contribution in [2.24, 2.45) is 0 Å². The lowest BCUT2D eigenvalue weighted by molar-refractivity contribution is -0.121. The topological polar surface area (TPSA) is 77.4 Å². The van der Waals surface area contributed by atoms with Gasteiger partial charge in [0.25, 0.3) is 5.78 Å². The second-order valence-corrected chi connectivity index (χ2v) is 6.48. The molecule has 0 spiro atoms. The van der Waals surface area contributed by atoms with Crippen LogP contribution in [0, 0.1) is 0 Å². The van der Waals surface area contributed by atoms with Crippen LogP contribution in [-0.2, 0) is 22.6 Å². The smallest absolute Gasteiger partial charge is 0.454 e. The average molecular weight is 418 g/mol. The third-order valence-electron chi connectivity index (χ3n) is 4.45. The number of amides is 1. The van der Waals surface area contributed by atoms with Crippen LogP contribution < -0.4 is 5.32 Å². The molecule has 0 bridgehead atoms. The van der Waals surface area contributed by atoms with Crippen molar-refractivity contribution in [3.8, 4) is 0 Å². The van der Waals surface area contributed by atoms with Gasteiger partial charge in [-0.25, -0.2) is 4.79 Å². The first-order valence-corrected chi connectivity index (χ1v) is 8.84. The predicted octanol–water partition coefficient (Wildman–Crippen LogP) is 3.49. The molecule has 0 aliphatic rings. The number of ketones is 1. The largest absolute Gasteiger partial charge is 0.465 e. The first kappa shape index (κ1) is 21.1. The van der Waals surface area contributed by atoms with E-state index in [1.807, 2.05) is 30.3 Å². The van der Waals surface area contributed by atoms with E-state index in [-0.39, 0.29) is 29.6 Å². The van der Waals surface area contributed by atoms with E-state index in [1.54, 1.807) is 0 Å². The third kappa shape index (κ3) is 4.51. The average Bonchev–Trinajstić information content (AvgIpc) is 3.08. The summed E-state index contributed by atoms with van der Waals surface area (Å²) in [5, 5.41) is 2.66. The maximum atomic E-state index is 13.0. The second-order valence-electron chi connectivity index (χ2n) is 6.48. The molecule has 0 aliphatic heterocycles. The molecule has 2 aromatic carbocycles. The number of ether oxygens (including phenoxy) is 1. The van der Waals surface area contributed by atoms with Crippen molar-refractivity contribution in [1.29, 1.82) is 0 Å². The monoisotopic (exact) mass is 418 g/mol. The van der Waals surface area contributed by atoms with Crippen LogP contribution in [0.4, 0.5) is 13.2 Å². The summed E-state index contributed by atoms with van der Waals surface area (Å²) in [4.78, 5) is 36.0. The zero-order chi connectivity index (χ0) is 21.9. The Bertz CT molecular complexity index is 1100. The summed E-state index contributed by atoms with van der Waals surface area (Å²) in [6.45, 7) is -0.0975. The first-order chi connectivity index (χ1) is 14.2. The lowest BCUT2D eigenvalue weighted by atomic mass is 10.1. The Balaban J connectivity index is 1.94. The number of hydrogen-bond donors (Lipinski definition) is 1. The van der Waals surface area contributed by atoms with Gasteiger partial charge in [0.15, 0.2) is 0 Å². The lowest BCUT2D eigenvalue weighted by Crippen LogP contribution is -2.27. The number of esters is 1. The minimum Gasteiger partial charge on any atom is -0.465 e. The fraction of sp³-hybridized carbons (Fsp3) is 0.190. The number of methoxy groups -OCH3 is 1. The van der Waals surface area contributed by atoms with Crippen molar-refractivity contribution in [3.63, 3.8) is 0 Å². The molecule has 0 aliphatic carbocycles. The van der Waals surface area contributed by atoms with Crippen molar-refractivity contribution < 1.29 is 32.3 Å². The van der Waals surface area contributed by atoms with E-state index in [9.17, 15) is 27.6 Å². The molecule has 0 saturated carbocycles. The van der Waals surface area contributed by atoms with Crippen molar-refractivity contribution in [2.45, 2.75) is 19.3 Å². The Morgan fingerprint density at radius 2 is 1.77 bits per heavy atom. The highest BCUT2D eigenvalue weighted by molar-refractivity contribution is 6.11. The molecule has 1 heterocycles. The molecule has 0 atom stereocenters. The van der Waals surface area contributed by atoms with E-state index >= 15 is 0 Å². The molecule has 1 amide bonds. The highest BCUT2D eigenvalue weighted by Gasteiger charge is 2.41. The Kier molecular flexibility index (Phi) is 5.91. The molecule has 30 heavy (non-hydrogen) atoms. The van der Waals surface area contributed by atoms with E-state index in [0.29, 0.717) is 0 Å². The molecule has 1 N–H and O–H groups in total. The van der Waals surface area contributed by atoms with Crippen molar-refractivity contribution in [2.75, 3.05) is 7.11 Å². The van der Waals surface area contributed by atoms with Crippen LogP contribution in [0.5, 0.6) is 0 Å². The van der Waals surface area contributed by atoms with Gasteiger partial charge in [0.1, 0.15) is 6.54 Å². The predicted molar refractivity (Wildman–Crippen MR) is 102 cm³/mol. The number of nitrogens with zero attached hydrogens (tertiary/aromatic N) is 1. The van der Waals surface area contributed by atoms with Gasteiger partial charge in [0.05, 0.1) is 23.8 Å². The third-order valence-corrected chi connectivity index (χ3v) is 4.45. The van der Waals surface area contributed by atoms with Gasteiger partial charge in [-0.2, -0.15) is 13.2 Å². The molecule has 9 heteroatoms. The summed E-state index contributed by atoms with van der Waals surface area (Å²) in [5.74, 6) is -3.19. The van der Waals surface area contributed by atoms with Crippen LogP contribution in [0.15, 0.2) is 54.7 Å². The van der Waals surface area contributed by atoms with Gasteiger partial charge in [-0.05, 0) is 17.7 Å². The number of aromatic nitrogens is 1. The number of carbonyl (C=O) groups excluding carboxylic acids is 3. The summed E-state index contributed by atoms with van der Waals surface area (Å²) >= 11 is 0. The maximum Gasteiger partial charge on any atom is 0.454 e. The molecular formula is C21H17F3N2O4. The molecule has 3 aromatic rings. The van der Waals surface area contributed by atoms with Crippen molar-refractivity contribution >= 4 is 28.6 Å². The number of carbonyl (C=O) groups is 3. The summed E-state index contributed by atoms with van der Waals surface area (Å²) in [7, 11) is 1.17. The van der Waals surface area contributed by atoms with E-state index in [0.717, 1.165) is 11.8 Å². The number of nitrogens with one attached hydrogen (secondary N) is 1. The molecule has 6 nitrogen and oxygen atoms in total. The summed E-state index contributed by atoms with van der Waals surface area (Å²) in [6, 6.07) is 12.9. The van der Waals surface area contributed by atoms with E-state index in [2.05, 4.69) is 10.1 Å². The van der Waals surface area contributed by atoms with E-state index < -0.39 is 29.4 Å². The molecule has 1 aromatic heterocycles. The molecule has 0 fully saturated rings. The maximum absolute atomic E-state index is 13.0. The normalized spacial score (nSPS) is 11.3. The zero-order valence-electron chi connectivity index (χ0n) is 15.8. The van der Waals surface area contributed by atoms with Crippen LogP contribution >= 0.6 is 0 Å². The number of rotatable bonds is 6. The van der Waals surface area contributed by atoms with Gasteiger partial charge in [0.2, 0.25) is 5.91 Å². The molecule has 0 radical (unpaired) electrons. The van der Waals surface area contributed by atoms with Gasteiger partial charge >= 0.3 is 12.1 Å². The van der Waals surface area contributed by atoms with Crippen LogP contribution in [-0.4, -0.2) is 35.5 Å². The highest BCUT2D eigenvalue weighted by atomic mass is 19.4. The number of fused-ring (bicyclic) bond motifs is 1. The van der Waals surface area contributed by atoms with Gasteiger partial charge < -0.3 is 14.6 Å². The quantitative estimate of drug-likeness (QED) is 0.491. The molecule has 3 rings (SSSR count).